The number of aromatic nitrogens is 2. The Morgan fingerprint density at radius 3 is 2.92 bits per heavy atom. The van der Waals surface area contributed by atoms with Crippen LogP contribution in [0.5, 0.6) is 5.75 Å². The van der Waals surface area contributed by atoms with Gasteiger partial charge < -0.3 is 15.0 Å². The van der Waals surface area contributed by atoms with E-state index in [0.717, 1.165) is 31.1 Å². The van der Waals surface area contributed by atoms with Crippen molar-refractivity contribution in [1.82, 2.24) is 14.9 Å². The molecule has 0 aliphatic carbocycles. The van der Waals surface area contributed by atoms with Gasteiger partial charge in [0.15, 0.2) is 0 Å². The molecule has 1 atom stereocenters. The van der Waals surface area contributed by atoms with E-state index >= 15 is 0 Å². The predicted molar refractivity (Wildman–Crippen MR) is 96.3 cm³/mol. The van der Waals surface area contributed by atoms with E-state index in [2.05, 4.69) is 39.2 Å². The number of nitrogens with zero attached hydrogens (tertiary/aromatic N) is 3. The first-order chi connectivity index (χ1) is 11.8. The third-order valence-corrected chi connectivity index (χ3v) is 4.39. The number of likely N-dealkylation sites (tertiary alicyclic amines) is 1. The normalized spacial score (nSPS) is 16.0. The molecule has 0 spiro atoms. The molecule has 1 aromatic heterocycles. The minimum Gasteiger partial charge on any atom is -0.494 e. The molecular weight excluding hydrogens is 300 g/mol. The molecule has 0 saturated carbocycles. The predicted octanol–water partition coefficient (Wildman–Crippen LogP) is 3.51. The van der Waals surface area contributed by atoms with E-state index in [1.807, 2.05) is 18.2 Å². The van der Waals surface area contributed by atoms with Gasteiger partial charge in [0, 0.05) is 12.7 Å². The summed E-state index contributed by atoms with van der Waals surface area (Å²) in [6, 6.07) is 10.3. The van der Waals surface area contributed by atoms with Crippen molar-refractivity contribution in [3.05, 3.63) is 48.4 Å². The van der Waals surface area contributed by atoms with Crippen molar-refractivity contribution < 1.29 is 4.74 Å². The maximum atomic E-state index is 5.93. The molecule has 128 valence electrons. The van der Waals surface area contributed by atoms with Crippen LogP contribution in [0.25, 0.3) is 0 Å². The average Bonchev–Trinajstić information content (AvgIpc) is 3.13. The van der Waals surface area contributed by atoms with Crippen molar-refractivity contribution >= 4 is 5.82 Å². The Hall–Kier alpha value is -2.14. The second kappa shape index (κ2) is 8.64. The lowest BCUT2D eigenvalue weighted by Gasteiger charge is -2.17. The first-order valence-corrected chi connectivity index (χ1v) is 8.79. The SMILES string of the molecule is CC(Nc1ccncn1)c1cccc(OCCCN2CCCC2)c1. The summed E-state index contributed by atoms with van der Waals surface area (Å²) in [5, 5.41) is 3.38. The highest BCUT2D eigenvalue weighted by Gasteiger charge is 2.11. The highest BCUT2D eigenvalue weighted by Crippen LogP contribution is 2.22. The van der Waals surface area contributed by atoms with Gasteiger partial charge in [0.1, 0.15) is 17.9 Å². The van der Waals surface area contributed by atoms with Crippen LogP contribution in [0.1, 0.15) is 37.8 Å². The maximum absolute atomic E-state index is 5.93. The standard InChI is InChI=1S/C19H26N4O/c1-16(22-19-8-9-20-15-21-19)17-6-4-7-18(14-17)24-13-5-12-23-10-2-3-11-23/h4,6-9,14-16H,2-3,5,10-13H2,1H3,(H,20,21,22). The summed E-state index contributed by atoms with van der Waals surface area (Å²) in [4.78, 5) is 10.7. The van der Waals surface area contributed by atoms with Crippen LogP contribution in [-0.2, 0) is 0 Å². The minimum absolute atomic E-state index is 0.160. The zero-order valence-corrected chi connectivity index (χ0v) is 14.3. The molecule has 1 aliphatic rings. The number of nitrogens with one attached hydrogen (secondary N) is 1. The first kappa shape index (κ1) is 16.7. The zero-order valence-electron chi connectivity index (χ0n) is 14.3. The van der Waals surface area contributed by atoms with Gasteiger partial charge in [0.2, 0.25) is 0 Å². The van der Waals surface area contributed by atoms with Gasteiger partial charge in [-0.2, -0.15) is 0 Å². The number of ether oxygens (including phenoxy) is 1. The Balaban J connectivity index is 1.47. The number of anilines is 1. The molecule has 3 rings (SSSR count). The lowest BCUT2D eigenvalue weighted by atomic mass is 10.1. The van der Waals surface area contributed by atoms with Gasteiger partial charge in [-0.25, -0.2) is 9.97 Å². The molecule has 5 nitrogen and oxygen atoms in total. The van der Waals surface area contributed by atoms with Gasteiger partial charge in [-0.05, 0) is 63.0 Å². The lowest BCUT2D eigenvalue weighted by Crippen LogP contribution is -2.21. The van der Waals surface area contributed by atoms with E-state index in [-0.39, 0.29) is 6.04 Å². The van der Waals surface area contributed by atoms with Crippen molar-refractivity contribution in [3.8, 4) is 5.75 Å². The van der Waals surface area contributed by atoms with Crippen LogP contribution in [0.2, 0.25) is 0 Å². The first-order valence-electron chi connectivity index (χ1n) is 8.79. The van der Waals surface area contributed by atoms with Crippen LogP contribution in [-0.4, -0.2) is 41.1 Å². The second-order valence-electron chi connectivity index (χ2n) is 6.28. The average molecular weight is 326 g/mol. The van der Waals surface area contributed by atoms with Gasteiger partial charge >= 0.3 is 0 Å². The van der Waals surface area contributed by atoms with Gasteiger partial charge in [-0.1, -0.05) is 12.1 Å². The number of rotatable bonds is 8. The minimum atomic E-state index is 0.160. The topological polar surface area (TPSA) is 50.3 Å². The van der Waals surface area contributed by atoms with Crippen LogP contribution in [0.3, 0.4) is 0 Å². The Labute approximate surface area is 144 Å². The molecule has 1 aliphatic heterocycles. The van der Waals surface area contributed by atoms with E-state index in [1.54, 1.807) is 12.5 Å². The molecule has 0 amide bonds. The molecule has 24 heavy (non-hydrogen) atoms. The molecule has 2 heterocycles. The highest BCUT2D eigenvalue weighted by molar-refractivity contribution is 5.38. The third kappa shape index (κ3) is 4.93. The molecule has 1 aromatic carbocycles. The molecular formula is C19H26N4O. The summed E-state index contributed by atoms with van der Waals surface area (Å²) in [6.45, 7) is 6.54. The number of hydrogen-bond acceptors (Lipinski definition) is 5. The van der Waals surface area contributed by atoms with Crippen LogP contribution in [0, 0.1) is 0 Å². The third-order valence-electron chi connectivity index (χ3n) is 4.39. The van der Waals surface area contributed by atoms with Crippen molar-refractivity contribution in [3.63, 3.8) is 0 Å². The maximum Gasteiger partial charge on any atom is 0.129 e. The summed E-state index contributed by atoms with van der Waals surface area (Å²) in [7, 11) is 0. The van der Waals surface area contributed by atoms with Crippen LogP contribution in [0.4, 0.5) is 5.82 Å². The van der Waals surface area contributed by atoms with Gasteiger partial charge in [-0.3, -0.25) is 0 Å². The Morgan fingerprint density at radius 2 is 2.12 bits per heavy atom. The van der Waals surface area contributed by atoms with Crippen molar-refractivity contribution in [2.75, 3.05) is 31.6 Å². The summed E-state index contributed by atoms with van der Waals surface area (Å²) in [6.07, 6.45) is 7.07. The van der Waals surface area contributed by atoms with Crippen molar-refractivity contribution in [2.24, 2.45) is 0 Å². The molecule has 1 N–H and O–H groups in total. The molecule has 1 fully saturated rings. The van der Waals surface area contributed by atoms with Gasteiger partial charge in [0.25, 0.3) is 0 Å². The van der Waals surface area contributed by atoms with Crippen LogP contribution < -0.4 is 10.1 Å². The van der Waals surface area contributed by atoms with Crippen molar-refractivity contribution in [2.45, 2.75) is 32.2 Å². The molecule has 2 aromatic rings. The largest absolute Gasteiger partial charge is 0.494 e. The van der Waals surface area contributed by atoms with E-state index in [9.17, 15) is 0 Å². The van der Waals surface area contributed by atoms with E-state index in [4.69, 9.17) is 4.74 Å². The summed E-state index contributed by atoms with van der Waals surface area (Å²) in [5.74, 6) is 1.76. The summed E-state index contributed by atoms with van der Waals surface area (Å²) in [5.41, 5.74) is 1.19. The fourth-order valence-corrected chi connectivity index (χ4v) is 3.04. The summed E-state index contributed by atoms with van der Waals surface area (Å²) < 4.78 is 5.93. The molecule has 5 heteroatoms. The Kier molecular flexibility index (Phi) is 6.01. The zero-order chi connectivity index (χ0) is 16.6. The quantitative estimate of drug-likeness (QED) is 0.752. The van der Waals surface area contributed by atoms with Gasteiger partial charge in [-0.15, -0.1) is 0 Å². The van der Waals surface area contributed by atoms with Crippen molar-refractivity contribution in [1.29, 1.82) is 0 Å². The Morgan fingerprint density at radius 1 is 1.25 bits per heavy atom. The molecule has 1 unspecified atom stereocenters. The van der Waals surface area contributed by atoms with E-state index in [1.165, 1.54) is 31.5 Å². The van der Waals surface area contributed by atoms with Crippen LogP contribution >= 0.6 is 0 Å². The molecule has 0 radical (unpaired) electrons. The Bertz CT molecular complexity index is 614. The number of benzene rings is 1. The molecule has 0 bridgehead atoms. The summed E-state index contributed by atoms with van der Waals surface area (Å²) >= 11 is 0. The van der Waals surface area contributed by atoms with E-state index < -0.39 is 0 Å². The van der Waals surface area contributed by atoms with E-state index in [0.29, 0.717) is 0 Å². The molecule has 1 saturated heterocycles. The monoisotopic (exact) mass is 326 g/mol. The fourth-order valence-electron chi connectivity index (χ4n) is 3.04. The number of hydrogen-bond donors (Lipinski definition) is 1. The highest BCUT2D eigenvalue weighted by atomic mass is 16.5. The lowest BCUT2D eigenvalue weighted by molar-refractivity contribution is 0.263. The van der Waals surface area contributed by atoms with Crippen LogP contribution in [0.15, 0.2) is 42.9 Å². The second-order valence-corrected chi connectivity index (χ2v) is 6.28. The van der Waals surface area contributed by atoms with Gasteiger partial charge in [0.05, 0.1) is 12.6 Å². The smallest absolute Gasteiger partial charge is 0.129 e. The fraction of sp³-hybridized carbons (Fsp3) is 0.474.